The number of anilines is 2. The van der Waals surface area contributed by atoms with E-state index in [9.17, 15) is 9.59 Å². The van der Waals surface area contributed by atoms with E-state index in [-0.39, 0.29) is 11.8 Å². The van der Waals surface area contributed by atoms with Crippen molar-refractivity contribution in [3.8, 4) is 0 Å². The minimum atomic E-state index is -0.279. The number of halogens is 2. The zero-order chi connectivity index (χ0) is 19.4. The minimum Gasteiger partial charge on any atom is -0.322 e. The Balaban J connectivity index is 1.73. The molecule has 3 rings (SSSR count). The minimum absolute atomic E-state index is 0.222. The van der Waals surface area contributed by atoms with Crippen molar-refractivity contribution in [3.63, 3.8) is 0 Å². The SMILES string of the molecule is Cc1ccc(C(=O)Nc2cccc(C(=O)Nc3cccc(Cl)c3)c2)cc1I. The predicted molar refractivity (Wildman–Crippen MR) is 118 cm³/mol. The van der Waals surface area contributed by atoms with E-state index < -0.39 is 0 Å². The lowest BCUT2D eigenvalue weighted by Gasteiger charge is -2.09. The fourth-order valence-electron chi connectivity index (χ4n) is 2.45. The largest absolute Gasteiger partial charge is 0.322 e. The van der Waals surface area contributed by atoms with Crippen LogP contribution in [0.2, 0.25) is 5.02 Å². The monoisotopic (exact) mass is 490 g/mol. The molecule has 0 unspecified atom stereocenters. The molecule has 0 aliphatic heterocycles. The lowest BCUT2D eigenvalue weighted by Crippen LogP contribution is -2.15. The van der Waals surface area contributed by atoms with Gasteiger partial charge in [0.25, 0.3) is 11.8 Å². The van der Waals surface area contributed by atoms with Crippen LogP contribution in [-0.4, -0.2) is 11.8 Å². The summed E-state index contributed by atoms with van der Waals surface area (Å²) < 4.78 is 1.02. The van der Waals surface area contributed by atoms with Gasteiger partial charge < -0.3 is 10.6 Å². The first-order chi connectivity index (χ1) is 12.9. The fourth-order valence-corrected chi connectivity index (χ4v) is 3.15. The van der Waals surface area contributed by atoms with Gasteiger partial charge in [0.05, 0.1) is 0 Å². The lowest BCUT2D eigenvalue weighted by atomic mass is 10.1. The molecule has 0 aromatic heterocycles. The number of carbonyl (C=O) groups excluding carboxylic acids is 2. The molecule has 2 amide bonds. The first kappa shape index (κ1) is 19.4. The molecular formula is C21H16ClIN2O2. The molecule has 2 N–H and O–H groups in total. The van der Waals surface area contributed by atoms with Gasteiger partial charge >= 0.3 is 0 Å². The Bertz CT molecular complexity index is 1020. The molecule has 27 heavy (non-hydrogen) atoms. The molecule has 0 heterocycles. The van der Waals surface area contributed by atoms with Crippen LogP contribution >= 0.6 is 34.2 Å². The second kappa shape index (κ2) is 8.54. The molecule has 0 aliphatic carbocycles. The molecule has 6 heteroatoms. The maximum Gasteiger partial charge on any atom is 0.255 e. The smallest absolute Gasteiger partial charge is 0.255 e. The van der Waals surface area contributed by atoms with Gasteiger partial charge in [-0.15, -0.1) is 0 Å². The lowest BCUT2D eigenvalue weighted by molar-refractivity contribution is 0.101. The third-order valence-corrected chi connectivity index (χ3v) is 5.30. The Labute approximate surface area is 176 Å². The van der Waals surface area contributed by atoms with Gasteiger partial charge in [0.2, 0.25) is 0 Å². The third-order valence-electron chi connectivity index (χ3n) is 3.90. The maximum absolute atomic E-state index is 12.5. The van der Waals surface area contributed by atoms with E-state index in [1.54, 1.807) is 54.6 Å². The van der Waals surface area contributed by atoms with E-state index in [0.29, 0.717) is 27.5 Å². The molecule has 0 atom stereocenters. The summed E-state index contributed by atoms with van der Waals surface area (Å²) in [4.78, 5) is 24.9. The molecule has 0 fully saturated rings. The summed E-state index contributed by atoms with van der Waals surface area (Å²) >= 11 is 8.14. The van der Waals surface area contributed by atoms with Crippen LogP contribution in [0, 0.1) is 10.5 Å². The molecular weight excluding hydrogens is 475 g/mol. The number of carbonyl (C=O) groups is 2. The van der Waals surface area contributed by atoms with Gasteiger partial charge in [0.15, 0.2) is 0 Å². The van der Waals surface area contributed by atoms with Crippen molar-refractivity contribution in [2.45, 2.75) is 6.92 Å². The number of hydrogen-bond acceptors (Lipinski definition) is 2. The van der Waals surface area contributed by atoms with Crippen LogP contribution in [0.25, 0.3) is 0 Å². The van der Waals surface area contributed by atoms with Crippen LogP contribution in [0.3, 0.4) is 0 Å². The van der Waals surface area contributed by atoms with Crippen molar-refractivity contribution in [2.75, 3.05) is 10.6 Å². The van der Waals surface area contributed by atoms with Gasteiger partial charge in [-0.1, -0.05) is 29.8 Å². The molecule has 0 bridgehead atoms. The Kier molecular flexibility index (Phi) is 6.13. The van der Waals surface area contributed by atoms with Crippen LogP contribution in [-0.2, 0) is 0 Å². The highest BCUT2D eigenvalue weighted by atomic mass is 127. The van der Waals surface area contributed by atoms with Gasteiger partial charge in [-0.3, -0.25) is 9.59 Å². The third kappa shape index (κ3) is 5.08. The Morgan fingerprint density at radius 1 is 0.815 bits per heavy atom. The second-order valence-corrected chi connectivity index (χ2v) is 7.56. The molecule has 0 aliphatic rings. The average molecular weight is 491 g/mol. The Hall–Kier alpha value is -2.38. The molecule has 0 saturated carbocycles. The standard InChI is InChI=1S/C21H16ClIN2O2/c1-13-8-9-15(11-19(13)23)21(27)24-17-6-2-4-14(10-17)20(26)25-18-7-3-5-16(22)12-18/h2-12H,1H3,(H,24,27)(H,25,26). The number of benzene rings is 3. The van der Waals surface area contributed by atoms with E-state index in [2.05, 4.69) is 33.2 Å². The summed E-state index contributed by atoms with van der Waals surface area (Å²) in [6.45, 7) is 1.99. The molecule has 3 aromatic rings. The van der Waals surface area contributed by atoms with E-state index in [1.807, 2.05) is 19.1 Å². The summed E-state index contributed by atoms with van der Waals surface area (Å²) in [7, 11) is 0. The van der Waals surface area contributed by atoms with Crippen LogP contribution in [0.5, 0.6) is 0 Å². The molecule has 136 valence electrons. The highest BCUT2D eigenvalue weighted by Gasteiger charge is 2.11. The number of nitrogens with one attached hydrogen (secondary N) is 2. The first-order valence-corrected chi connectivity index (χ1v) is 9.62. The fraction of sp³-hybridized carbons (Fsp3) is 0.0476. The number of aryl methyl sites for hydroxylation is 1. The predicted octanol–water partition coefficient (Wildman–Crippen LogP) is 5.76. The second-order valence-electron chi connectivity index (χ2n) is 5.96. The van der Waals surface area contributed by atoms with Gasteiger partial charge in [-0.2, -0.15) is 0 Å². The average Bonchev–Trinajstić information content (AvgIpc) is 2.64. The van der Waals surface area contributed by atoms with Gasteiger partial charge in [0.1, 0.15) is 0 Å². The quantitative estimate of drug-likeness (QED) is 0.457. The van der Waals surface area contributed by atoms with Crippen LogP contribution < -0.4 is 10.6 Å². The van der Waals surface area contributed by atoms with E-state index in [4.69, 9.17) is 11.6 Å². The number of amides is 2. The number of rotatable bonds is 4. The van der Waals surface area contributed by atoms with Crippen LogP contribution in [0.4, 0.5) is 11.4 Å². The zero-order valence-electron chi connectivity index (χ0n) is 14.4. The van der Waals surface area contributed by atoms with Crippen molar-refractivity contribution in [2.24, 2.45) is 0 Å². The first-order valence-electron chi connectivity index (χ1n) is 8.17. The van der Waals surface area contributed by atoms with Crippen molar-refractivity contribution < 1.29 is 9.59 Å². The summed E-state index contributed by atoms with van der Waals surface area (Å²) in [5.74, 6) is -0.501. The molecule has 0 spiro atoms. The molecule has 0 saturated heterocycles. The summed E-state index contributed by atoms with van der Waals surface area (Å²) in [5.41, 5.74) is 3.28. The highest BCUT2D eigenvalue weighted by Crippen LogP contribution is 2.19. The normalized spacial score (nSPS) is 10.3. The van der Waals surface area contributed by atoms with Crippen molar-refractivity contribution in [1.29, 1.82) is 0 Å². The Morgan fingerprint density at radius 2 is 1.41 bits per heavy atom. The summed E-state index contributed by atoms with van der Waals surface area (Å²) in [5, 5.41) is 6.16. The Morgan fingerprint density at radius 3 is 2.04 bits per heavy atom. The summed E-state index contributed by atoms with van der Waals surface area (Å²) in [6, 6.07) is 19.2. The maximum atomic E-state index is 12.5. The molecule has 0 radical (unpaired) electrons. The van der Waals surface area contributed by atoms with Crippen molar-refractivity contribution >= 4 is 57.4 Å². The van der Waals surface area contributed by atoms with Crippen LogP contribution in [0.15, 0.2) is 66.7 Å². The van der Waals surface area contributed by atoms with E-state index in [1.165, 1.54) is 0 Å². The zero-order valence-corrected chi connectivity index (χ0v) is 17.3. The molecule has 4 nitrogen and oxygen atoms in total. The topological polar surface area (TPSA) is 58.2 Å². The van der Waals surface area contributed by atoms with Crippen molar-refractivity contribution in [1.82, 2.24) is 0 Å². The van der Waals surface area contributed by atoms with E-state index in [0.717, 1.165) is 9.13 Å². The van der Waals surface area contributed by atoms with Crippen LogP contribution in [0.1, 0.15) is 26.3 Å². The number of hydrogen-bond donors (Lipinski definition) is 2. The van der Waals surface area contributed by atoms with Gasteiger partial charge in [-0.05, 0) is 83.6 Å². The highest BCUT2D eigenvalue weighted by molar-refractivity contribution is 14.1. The van der Waals surface area contributed by atoms with Crippen molar-refractivity contribution in [3.05, 3.63) is 92.0 Å². The van der Waals surface area contributed by atoms with Gasteiger partial charge in [0, 0.05) is 31.1 Å². The van der Waals surface area contributed by atoms with E-state index >= 15 is 0 Å². The molecule has 3 aromatic carbocycles. The van der Waals surface area contributed by atoms with Gasteiger partial charge in [-0.25, -0.2) is 0 Å². The summed E-state index contributed by atoms with van der Waals surface area (Å²) in [6.07, 6.45) is 0.